The number of piperidine rings is 1. The Morgan fingerprint density at radius 3 is 2.59 bits per heavy atom. The summed E-state index contributed by atoms with van der Waals surface area (Å²) in [5.74, 6) is 0.500. The third kappa shape index (κ3) is 5.00. The van der Waals surface area contributed by atoms with E-state index in [1.165, 1.54) is 12.8 Å². The van der Waals surface area contributed by atoms with Crippen LogP contribution in [-0.2, 0) is 11.3 Å². The SMILES string of the molecule is O=C(NCc1cccnc1OC1CCCC1)[C@@H]1CCCN(C(=O)N2CCCC2)C1. The standard InChI is InChI=1S/C22H32N4O3/c27-20(18-8-6-14-26(16-18)22(28)25-12-3-4-13-25)24-15-17-7-5-11-23-21(17)29-19-9-1-2-10-19/h5,7,11,18-19H,1-4,6,8-10,12-16H2,(H,24,27)/t18-/m1/s1. The molecule has 0 radical (unpaired) electrons. The molecule has 1 N–H and O–H groups in total. The van der Waals surface area contributed by atoms with Gasteiger partial charge in [0.25, 0.3) is 0 Å². The van der Waals surface area contributed by atoms with Gasteiger partial charge < -0.3 is 19.9 Å². The Morgan fingerprint density at radius 2 is 1.79 bits per heavy atom. The van der Waals surface area contributed by atoms with Crippen LogP contribution in [0.1, 0.15) is 56.9 Å². The molecule has 2 saturated heterocycles. The Hall–Kier alpha value is -2.31. The van der Waals surface area contributed by atoms with Crippen LogP contribution in [0.3, 0.4) is 0 Å². The van der Waals surface area contributed by atoms with Gasteiger partial charge >= 0.3 is 6.03 Å². The summed E-state index contributed by atoms with van der Waals surface area (Å²) in [6.45, 7) is 3.36. The first-order valence-electron chi connectivity index (χ1n) is 11.1. The van der Waals surface area contributed by atoms with Crippen molar-refractivity contribution in [3.05, 3.63) is 23.9 Å². The third-order valence-corrected chi connectivity index (χ3v) is 6.32. The summed E-state index contributed by atoms with van der Waals surface area (Å²) < 4.78 is 6.07. The summed E-state index contributed by atoms with van der Waals surface area (Å²) in [4.78, 5) is 33.6. The monoisotopic (exact) mass is 400 g/mol. The fourth-order valence-electron chi connectivity index (χ4n) is 4.63. The Morgan fingerprint density at radius 1 is 1.03 bits per heavy atom. The summed E-state index contributed by atoms with van der Waals surface area (Å²) in [5, 5.41) is 3.05. The number of amides is 3. The molecule has 3 heterocycles. The van der Waals surface area contributed by atoms with Crippen molar-refractivity contribution in [1.82, 2.24) is 20.1 Å². The summed E-state index contributed by atoms with van der Waals surface area (Å²) in [6.07, 6.45) is 10.4. The van der Waals surface area contributed by atoms with Crippen LogP contribution in [-0.4, -0.2) is 59.0 Å². The molecule has 0 aromatic carbocycles. The van der Waals surface area contributed by atoms with Crippen LogP contribution in [0.4, 0.5) is 4.79 Å². The normalized spacial score (nSPS) is 22.7. The van der Waals surface area contributed by atoms with Gasteiger partial charge in [-0.15, -0.1) is 0 Å². The van der Waals surface area contributed by atoms with Crippen molar-refractivity contribution < 1.29 is 14.3 Å². The first-order valence-corrected chi connectivity index (χ1v) is 11.1. The number of likely N-dealkylation sites (tertiary alicyclic amines) is 2. The first kappa shape index (κ1) is 20.0. The lowest BCUT2D eigenvalue weighted by atomic mass is 9.97. The van der Waals surface area contributed by atoms with Gasteiger partial charge in [0.1, 0.15) is 6.10 Å². The highest BCUT2D eigenvalue weighted by molar-refractivity contribution is 5.81. The Balaban J connectivity index is 1.30. The molecule has 29 heavy (non-hydrogen) atoms. The van der Waals surface area contributed by atoms with Gasteiger partial charge in [0, 0.05) is 44.5 Å². The first-order chi connectivity index (χ1) is 14.2. The molecule has 1 saturated carbocycles. The number of urea groups is 1. The second kappa shape index (κ2) is 9.46. The van der Waals surface area contributed by atoms with Crippen LogP contribution in [0, 0.1) is 5.92 Å². The number of hydrogen-bond acceptors (Lipinski definition) is 4. The molecule has 0 spiro atoms. The smallest absolute Gasteiger partial charge is 0.320 e. The molecule has 1 atom stereocenters. The third-order valence-electron chi connectivity index (χ3n) is 6.32. The minimum absolute atomic E-state index is 0.0135. The van der Waals surface area contributed by atoms with E-state index in [-0.39, 0.29) is 24.0 Å². The largest absolute Gasteiger partial charge is 0.474 e. The number of nitrogens with one attached hydrogen (secondary N) is 1. The predicted octanol–water partition coefficient (Wildman–Crippen LogP) is 2.95. The maximum Gasteiger partial charge on any atom is 0.320 e. The average Bonchev–Trinajstić information content (AvgIpc) is 3.47. The van der Waals surface area contributed by atoms with Crippen molar-refractivity contribution in [2.75, 3.05) is 26.2 Å². The highest BCUT2D eigenvalue weighted by Crippen LogP contribution is 2.25. The number of carbonyl (C=O) groups excluding carboxylic acids is 2. The van der Waals surface area contributed by atoms with E-state index in [1.807, 2.05) is 21.9 Å². The van der Waals surface area contributed by atoms with Crippen molar-refractivity contribution in [3.63, 3.8) is 0 Å². The molecule has 4 rings (SSSR count). The van der Waals surface area contributed by atoms with Crippen molar-refractivity contribution in [1.29, 1.82) is 0 Å². The maximum atomic E-state index is 12.8. The Kier molecular flexibility index (Phi) is 6.52. The van der Waals surface area contributed by atoms with Crippen LogP contribution < -0.4 is 10.1 Å². The van der Waals surface area contributed by atoms with Gasteiger partial charge in [-0.1, -0.05) is 6.07 Å². The van der Waals surface area contributed by atoms with Gasteiger partial charge in [0.15, 0.2) is 0 Å². The van der Waals surface area contributed by atoms with E-state index >= 15 is 0 Å². The topological polar surface area (TPSA) is 74.8 Å². The number of nitrogens with zero attached hydrogens (tertiary/aromatic N) is 3. The molecule has 0 bridgehead atoms. The van der Waals surface area contributed by atoms with Crippen LogP contribution in [0.2, 0.25) is 0 Å². The van der Waals surface area contributed by atoms with E-state index in [0.717, 1.165) is 63.7 Å². The maximum absolute atomic E-state index is 12.8. The lowest BCUT2D eigenvalue weighted by Gasteiger charge is -2.34. The zero-order valence-electron chi connectivity index (χ0n) is 17.1. The van der Waals surface area contributed by atoms with Gasteiger partial charge in [-0.2, -0.15) is 0 Å². The molecule has 158 valence electrons. The molecule has 0 unspecified atom stereocenters. The van der Waals surface area contributed by atoms with Crippen LogP contribution in [0.5, 0.6) is 5.88 Å². The second-order valence-corrected chi connectivity index (χ2v) is 8.47. The summed E-state index contributed by atoms with van der Waals surface area (Å²) in [6, 6.07) is 3.93. The molecular weight excluding hydrogens is 368 g/mol. The van der Waals surface area contributed by atoms with Crippen LogP contribution >= 0.6 is 0 Å². The van der Waals surface area contributed by atoms with E-state index in [2.05, 4.69) is 10.3 Å². The average molecular weight is 401 g/mol. The minimum atomic E-state index is -0.147. The van der Waals surface area contributed by atoms with Gasteiger partial charge in [0.05, 0.1) is 5.92 Å². The van der Waals surface area contributed by atoms with E-state index in [0.29, 0.717) is 19.0 Å². The van der Waals surface area contributed by atoms with E-state index in [4.69, 9.17) is 4.74 Å². The number of pyridine rings is 1. The zero-order chi connectivity index (χ0) is 20.1. The van der Waals surface area contributed by atoms with Gasteiger partial charge in [-0.3, -0.25) is 4.79 Å². The van der Waals surface area contributed by atoms with Crippen molar-refractivity contribution >= 4 is 11.9 Å². The van der Waals surface area contributed by atoms with E-state index in [9.17, 15) is 9.59 Å². The summed E-state index contributed by atoms with van der Waals surface area (Å²) in [7, 11) is 0. The highest BCUT2D eigenvalue weighted by Gasteiger charge is 2.31. The fraction of sp³-hybridized carbons (Fsp3) is 0.682. The van der Waals surface area contributed by atoms with Crippen molar-refractivity contribution in [2.45, 2.75) is 64.0 Å². The molecule has 1 aromatic heterocycles. The minimum Gasteiger partial charge on any atom is -0.474 e. The van der Waals surface area contributed by atoms with Crippen molar-refractivity contribution in [3.8, 4) is 5.88 Å². The number of carbonyl (C=O) groups is 2. The molecular formula is C22H32N4O3. The number of aromatic nitrogens is 1. The lowest BCUT2D eigenvalue weighted by molar-refractivity contribution is -0.126. The quantitative estimate of drug-likeness (QED) is 0.825. The molecule has 1 aromatic rings. The Labute approximate surface area is 172 Å². The van der Waals surface area contributed by atoms with Gasteiger partial charge in [0.2, 0.25) is 11.8 Å². The van der Waals surface area contributed by atoms with Gasteiger partial charge in [-0.05, 0) is 57.4 Å². The molecule has 2 aliphatic heterocycles. The number of rotatable bonds is 5. The van der Waals surface area contributed by atoms with Gasteiger partial charge in [-0.25, -0.2) is 9.78 Å². The molecule has 3 amide bonds. The second-order valence-electron chi connectivity index (χ2n) is 8.47. The lowest BCUT2D eigenvalue weighted by Crippen LogP contribution is -2.49. The molecule has 3 aliphatic rings. The van der Waals surface area contributed by atoms with E-state index in [1.54, 1.807) is 6.20 Å². The predicted molar refractivity (Wildman–Crippen MR) is 109 cm³/mol. The molecule has 1 aliphatic carbocycles. The number of ether oxygens (including phenoxy) is 1. The zero-order valence-corrected chi connectivity index (χ0v) is 17.1. The highest BCUT2D eigenvalue weighted by atomic mass is 16.5. The van der Waals surface area contributed by atoms with Crippen LogP contribution in [0.25, 0.3) is 0 Å². The molecule has 3 fully saturated rings. The van der Waals surface area contributed by atoms with E-state index < -0.39 is 0 Å². The summed E-state index contributed by atoms with van der Waals surface area (Å²) in [5.41, 5.74) is 0.911. The fourth-order valence-corrected chi connectivity index (χ4v) is 4.63. The molecule has 7 heteroatoms. The summed E-state index contributed by atoms with van der Waals surface area (Å²) >= 11 is 0. The van der Waals surface area contributed by atoms with Crippen molar-refractivity contribution in [2.24, 2.45) is 5.92 Å². The van der Waals surface area contributed by atoms with Crippen LogP contribution in [0.15, 0.2) is 18.3 Å². The molecule has 7 nitrogen and oxygen atoms in total. The Bertz CT molecular complexity index is 714. The number of hydrogen-bond donors (Lipinski definition) is 1.